The minimum atomic E-state index is -2.46. The predicted octanol–water partition coefficient (Wildman–Crippen LogP) is 6.79. The van der Waals surface area contributed by atoms with Gasteiger partial charge in [0.15, 0.2) is 5.82 Å². The number of nitrogens with zero attached hydrogens (tertiary/aromatic N) is 8. The van der Waals surface area contributed by atoms with Crippen LogP contribution in [-0.4, -0.2) is 88.0 Å². The van der Waals surface area contributed by atoms with E-state index in [4.69, 9.17) is 14.4 Å². The highest BCUT2D eigenvalue weighted by molar-refractivity contribution is 7.92. The first-order chi connectivity index (χ1) is 30.7. The van der Waals surface area contributed by atoms with Crippen LogP contribution in [0, 0.1) is 19.7 Å². The number of ether oxygens (including phenoxy) is 1. The van der Waals surface area contributed by atoms with Gasteiger partial charge in [0.2, 0.25) is 0 Å². The van der Waals surface area contributed by atoms with Gasteiger partial charge in [0.05, 0.1) is 34.5 Å². The topological polar surface area (TPSA) is 180 Å². The van der Waals surface area contributed by atoms with Crippen molar-refractivity contribution in [2.45, 2.75) is 70.4 Å². The van der Waals surface area contributed by atoms with Crippen LogP contribution in [0.2, 0.25) is 0 Å². The number of rotatable bonds is 9. The van der Waals surface area contributed by atoms with Crippen molar-refractivity contribution in [3.05, 3.63) is 133 Å². The number of imidazole rings is 1. The van der Waals surface area contributed by atoms with E-state index < -0.39 is 32.8 Å². The Morgan fingerprint density at radius 2 is 1.72 bits per heavy atom. The number of carbonyl (C=O) groups excluding carboxylic acids is 1. The lowest BCUT2D eigenvalue weighted by atomic mass is 9.91. The van der Waals surface area contributed by atoms with Gasteiger partial charge in [-0.3, -0.25) is 23.4 Å². The third-order valence-electron chi connectivity index (χ3n) is 13.0. The van der Waals surface area contributed by atoms with Crippen LogP contribution in [-0.2, 0) is 26.4 Å². The lowest BCUT2D eigenvalue weighted by Gasteiger charge is -2.34. The molecule has 2 N–H and O–H groups in total. The minimum Gasteiger partial charge on any atom is -0.386 e. The maximum absolute atomic E-state index is 15.4. The van der Waals surface area contributed by atoms with E-state index in [1.54, 1.807) is 80.8 Å². The Balaban J connectivity index is 1.11. The van der Waals surface area contributed by atoms with Crippen LogP contribution in [0.25, 0.3) is 28.1 Å². The molecule has 0 radical (unpaired) electrons. The number of halogens is 1. The van der Waals surface area contributed by atoms with Crippen molar-refractivity contribution in [3.8, 4) is 17.2 Å². The third-order valence-corrected chi connectivity index (χ3v) is 13.6. The van der Waals surface area contributed by atoms with Gasteiger partial charge >= 0.3 is 11.4 Å². The van der Waals surface area contributed by atoms with Crippen molar-refractivity contribution >= 4 is 37.9 Å². The van der Waals surface area contributed by atoms with E-state index in [0.717, 1.165) is 23.7 Å². The quantitative estimate of drug-likeness (QED) is 0.158. The number of aromatic amines is 1. The molecule has 4 aromatic heterocycles. The highest BCUT2D eigenvalue weighted by Gasteiger charge is 2.52. The lowest BCUT2D eigenvalue weighted by molar-refractivity contribution is 0.0664. The zero-order valence-electron chi connectivity index (χ0n) is 36.5. The van der Waals surface area contributed by atoms with Gasteiger partial charge < -0.3 is 19.5 Å². The smallest absolute Gasteiger partial charge is 0.386 e. The fourth-order valence-electron chi connectivity index (χ4n) is 9.71. The average Bonchev–Trinajstić information content (AvgIpc) is 3.56. The van der Waals surface area contributed by atoms with E-state index in [2.05, 4.69) is 38.0 Å². The third kappa shape index (κ3) is 6.90. The predicted molar refractivity (Wildman–Crippen MR) is 241 cm³/mol. The highest BCUT2D eigenvalue weighted by Crippen LogP contribution is 2.51. The van der Waals surface area contributed by atoms with E-state index in [0.29, 0.717) is 107 Å². The molecule has 332 valence electrons. The SMILES string of the molecule is CNc1cc(-n2ccn(-c3c4c(nn3-c3cc(C)c(F)c(C)c3)CCN(C(=O)c3cc5cc(C6CCOCC6)ccc5n3C3(c5noc(=O)[nH]5)CC3)[C@H]4C)c2=O)ccc1N=S(C)(C)=O. The number of benzene rings is 3. The first-order valence-corrected chi connectivity index (χ1v) is 23.8. The molecule has 0 unspecified atom stereocenters. The number of carbonyl (C=O) groups is 1. The molecule has 16 nitrogen and oxygen atoms in total. The van der Waals surface area contributed by atoms with Crippen molar-refractivity contribution in [2.24, 2.45) is 4.36 Å². The van der Waals surface area contributed by atoms with Crippen molar-refractivity contribution in [3.63, 3.8) is 0 Å². The summed E-state index contributed by atoms with van der Waals surface area (Å²) < 4.78 is 49.4. The molecule has 1 aliphatic carbocycles. The molecule has 1 saturated heterocycles. The molecule has 1 saturated carbocycles. The summed E-state index contributed by atoms with van der Waals surface area (Å²) in [5.74, 6) is -0.0981. The standard InChI is InChI=1S/C46H49FN10O6S/c1-26-21-33(22-27(2)40(26)47)57-41(55-18-17-54(45(55)60)32-8-9-34(36(25-32)48-4)52-64(5,6)61)39-28(3)53(16-11-35(39)50-57)42(58)38-24-31-23-30(29-12-19-62-20-13-29)7-10-37(31)56(38)46(14-15-46)43-49-44(59)63-51-43/h7-10,17-18,21-25,28-29,48H,11-16,19-20H2,1-6H3,(H,49,51,59)/t28-/m0/s1. The number of anilines is 1. The molecule has 64 heavy (non-hydrogen) atoms. The molecule has 0 bridgehead atoms. The Hall–Kier alpha value is -6.53. The summed E-state index contributed by atoms with van der Waals surface area (Å²) in [6, 6.07) is 16.4. The first kappa shape index (κ1) is 41.5. The Labute approximate surface area is 367 Å². The summed E-state index contributed by atoms with van der Waals surface area (Å²) in [6.07, 6.45) is 9.93. The van der Waals surface area contributed by atoms with Crippen molar-refractivity contribution in [1.82, 2.24) is 38.5 Å². The van der Waals surface area contributed by atoms with Crippen LogP contribution < -0.4 is 16.8 Å². The average molecular weight is 889 g/mol. The summed E-state index contributed by atoms with van der Waals surface area (Å²) in [6.45, 7) is 7.05. The van der Waals surface area contributed by atoms with Crippen LogP contribution in [0.5, 0.6) is 0 Å². The minimum absolute atomic E-state index is 0.232. The number of hydrogen-bond donors (Lipinski definition) is 2. The summed E-state index contributed by atoms with van der Waals surface area (Å²) >= 11 is 0. The normalized spacial score (nSPS) is 17.5. The summed E-state index contributed by atoms with van der Waals surface area (Å²) in [5.41, 5.74) is 5.70. The number of aromatic nitrogens is 7. The van der Waals surface area contributed by atoms with Crippen molar-refractivity contribution < 1.29 is 22.7 Å². The van der Waals surface area contributed by atoms with Crippen molar-refractivity contribution in [1.29, 1.82) is 0 Å². The molecule has 18 heteroatoms. The molecule has 7 aromatic rings. The molecule has 6 heterocycles. The molecule has 3 aromatic carbocycles. The largest absolute Gasteiger partial charge is 0.438 e. The van der Waals surface area contributed by atoms with Crippen LogP contribution in [0.3, 0.4) is 0 Å². The van der Waals surface area contributed by atoms with E-state index in [1.807, 2.05) is 22.5 Å². The first-order valence-electron chi connectivity index (χ1n) is 21.5. The maximum Gasteiger partial charge on any atom is 0.438 e. The molecule has 1 amide bonds. The summed E-state index contributed by atoms with van der Waals surface area (Å²) in [4.78, 5) is 47.0. The van der Waals surface area contributed by atoms with Gasteiger partial charge in [-0.1, -0.05) is 11.2 Å². The fourth-order valence-corrected chi connectivity index (χ4v) is 10.3. The monoisotopic (exact) mass is 888 g/mol. The fraction of sp³-hybridized carbons (Fsp3) is 0.370. The van der Waals surface area contributed by atoms with E-state index in [1.165, 1.54) is 14.7 Å². The zero-order valence-corrected chi connectivity index (χ0v) is 37.3. The second kappa shape index (κ2) is 15.3. The maximum atomic E-state index is 15.4. The summed E-state index contributed by atoms with van der Waals surface area (Å²) in [7, 11) is -0.728. The Kier molecular flexibility index (Phi) is 9.93. The number of nitrogens with one attached hydrogen (secondary N) is 2. The van der Waals surface area contributed by atoms with E-state index >= 15 is 9.18 Å². The number of H-pyrrole nitrogens is 1. The van der Waals surface area contributed by atoms with Crippen LogP contribution >= 0.6 is 0 Å². The molecule has 1 atom stereocenters. The molecule has 3 aliphatic rings. The van der Waals surface area contributed by atoms with E-state index in [-0.39, 0.29) is 11.7 Å². The Morgan fingerprint density at radius 3 is 2.39 bits per heavy atom. The highest BCUT2D eigenvalue weighted by atomic mass is 32.2. The van der Waals surface area contributed by atoms with Gasteiger partial charge in [-0.05, 0) is 118 Å². The van der Waals surface area contributed by atoms with Crippen molar-refractivity contribution in [2.75, 3.05) is 44.6 Å². The van der Waals surface area contributed by atoms with Crippen LogP contribution in [0.15, 0.2) is 85.5 Å². The zero-order chi connectivity index (χ0) is 44.8. The number of amides is 1. The number of aryl methyl sites for hydroxylation is 2. The molecular weight excluding hydrogens is 840 g/mol. The number of fused-ring (bicyclic) bond motifs is 2. The van der Waals surface area contributed by atoms with Gasteiger partial charge in [0, 0.05) is 84.3 Å². The molecule has 10 rings (SSSR count). The van der Waals surface area contributed by atoms with Gasteiger partial charge in [-0.15, -0.1) is 0 Å². The Bertz CT molecular complexity index is 3250. The van der Waals surface area contributed by atoms with Gasteiger partial charge in [0.1, 0.15) is 22.9 Å². The van der Waals surface area contributed by atoms with Crippen LogP contribution in [0.1, 0.15) is 88.8 Å². The lowest BCUT2D eigenvalue weighted by Crippen LogP contribution is -2.41. The second-order valence-electron chi connectivity index (χ2n) is 17.5. The van der Waals surface area contributed by atoms with Gasteiger partial charge in [0.25, 0.3) is 5.91 Å². The van der Waals surface area contributed by atoms with Gasteiger partial charge in [-0.25, -0.2) is 22.9 Å². The van der Waals surface area contributed by atoms with E-state index in [9.17, 15) is 13.8 Å². The molecular formula is C46H49FN10O6S. The molecule has 2 aliphatic heterocycles. The summed E-state index contributed by atoms with van der Waals surface area (Å²) in [5, 5.41) is 13.2. The molecule has 2 fully saturated rings. The second-order valence-corrected chi connectivity index (χ2v) is 20.0. The molecule has 0 spiro atoms. The number of hydrogen-bond acceptors (Lipinski definition) is 10. The Morgan fingerprint density at radius 1 is 0.984 bits per heavy atom. The van der Waals surface area contributed by atoms with Gasteiger partial charge in [-0.2, -0.15) is 9.46 Å². The van der Waals surface area contributed by atoms with Crippen LogP contribution in [0.4, 0.5) is 15.8 Å².